The molecule has 3 aromatic rings. The van der Waals surface area contributed by atoms with E-state index in [0.29, 0.717) is 16.5 Å². The number of nitrogens with one attached hydrogen (secondary N) is 1. The Morgan fingerprint density at radius 3 is 2.34 bits per heavy atom. The summed E-state index contributed by atoms with van der Waals surface area (Å²) in [5, 5.41) is 3.42. The molecule has 0 fully saturated rings. The zero-order chi connectivity index (χ0) is 25.1. The minimum absolute atomic E-state index is 0.0146. The molecule has 0 radical (unpaired) electrons. The van der Waals surface area contributed by atoms with Crippen LogP contribution in [0.1, 0.15) is 25.0 Å². The molecule has 0 aliphatic heterocycles. The Balaban J connectivity index is 1.74. The summed E-state index contributed by atoms with van der Waals surface area (Å²) in [4.78, 5) is 34.5. The summed E-state index contributed by atoms with van der Waals surface area (Å²) in [5.41, 5.74) is 0.278. The van der Waals surface area contributed by atoms with Crippen LogP contribution in [0.4, 0.5) is 10.3 Å². The van der Waals surface area contributed by atoms with Crippen molar-refractivity contribution < 1.29 is 13.9 Å². The molecule has 9 nitrogen and oxygen atoms in total. The van der Waals surface area contributed by atoms with Gasteiger partial charge in [-0.1, -0.05) is 29.8 Å². The van der Waals surface area contributed by atoms with Crippen molar-refractivity contribution in [3.8, 4) is 5.88 Å². The van der Waals surface area contributed by atoms with Gasteiger partial charge in [-0.05, 0) is 37.1 Å². The van der Waals surface area contributed by atoms with Crippen LogP contribution in [0.25, 0.3) is 0 Å². The van der Waals surface area contributed by atoms with Crippen molar-refractivity contribution in [2.75, 3.05) is 12.4 Å². The molecule has 2 aromatic heterocycles. The van der Waals surface area contributed by atoms with Crippen LogP contribution in [0.2, 0.25) is 5.02 Å². The molecule has 35 heavy (non-hydrogen) atoms. The van der Waals surface area contributed by atoms with Gasteiger partial charge in [-0.3, -0.25) is 4.57 Å². The molecule has 1 aliphatic rings. The molecular weight excluding hydrogens is 477 g/mol. The summed E-state index contributed by atoms with van der Waals surface area (Å²) in [5.74, 6) is -0.149. The van der Waals surface area contributed by atoms with Crippen LogP contribution in [0.15, 0.2) is 75.5 Å². The summed E-state index contributed by atoms with van der Waals surface area (Å²) in [6.45, 7) is 3.58. The number of halogens is 2. The number of nitrogens with zero attached hydrogens (tertiary/aromatic N) is 4. The predicted octanol–water partition coefficient (Wildman–Crippen LogP) is 3.47. The van der Waals surface area contributed by atoms with Crippen LogP contribution in [0.3, 0.4) is 0 Å². The van der Waals surface area contributed by atoms with Crippen LogP contribution in [-0.4, -0.2) is 32.3 Å². The number of anilines is 1. The third kappa shape index (κ3) is 5.43. The topological polar surface area (TPSA) is 100 Å². The largest absolute Gasteiger partial charge is 0.486 e. The van der Waals surface area contributed by atoms with Crippen LogP contribution in [0.5, 0.6) is 5.88 Å². The second-order valence-corrected chi connectivity index (χ2v) is 8.47. The molecule has 1 aromatic carbocycles. The maximum Gasteiger partial charge on any atom is 0.355 e. The third-order valence-corrected chi connectivity index (χ3v) is 5.34. The van der Waals surface area contributed by atoms with E-state index in [2.05, 4.69) is 15.3 Å². The molecule has 4 rings (SSSR count). The van der Waals surface area contributed by atoms with Gasteiger partial charge in [0.05, 0.1) is 32.0 Å². The van der Waals surface area contributed by atoms with Crippen LogP contribution in [0, 0.1) is 0 Å². The maximum absolute atomic E-state index is 14.0. The first-order chi connectivity index (χ1) is 16.7. The lowest BCUT2D eigenvalue weighted by Gasteiger charge is -2.23. The maximum atomic E-state index is 14.0. The van der Waals surface area contributed by atoms with Gasteiger partial charge in [0.1, 0.15) is 0 Å². The van der Waals surface area contributed by atoms with Crippen molar-refractivity contribution in [3.63, 3.8) is 0 Å². The Morgan fingerprint density at radius 1 is 1.06 bits per heavy atom. The van der Waals surface area contributed by atoms with Crippen molar-refractivity contribution in [2.45, 2.75) is 33.0 Å². The van der Waals surface area contributed by atoms with Crippen molar-refractivity contribution in [2.24, 2.45) is 0 Å². The van der Waals surface area contributed by atoms with E-state index in [1.165, 1.54) is 23.9 Å². The van der Waals surface area contributed by atoms with Gasteiger partial charge < -0.3 is 14.8 Å². The number of rotatable bonds is 9. The molecule has 2 heterocycles. The Labute approximate surface area is 205 Å². The SMILES string of the molecule is COc1ccc(Cn2c(=O)nc(NC3=C(OC(C)C)C(F)=C3)n(Cc3ccc(Cl)cc3)c2=O)cn1. The van der Waals surface area contributed by atoms with E-state index >= 15 is 0 Å². The quantitative estimate of drug-likeness (QED) is 0.481. The van der Waals surface area contributed by atoms with Gasteiger partial charge in [-0.25, -0.2) is 23.5 Å². The van der Waals surface area contributed by atoms with Crippen molar-refractivity contribution in [1.29, 1.82) is 0 Å². The monoisotopic (exact) mass is 499 g/mol. The number of ether oxygens (including phenoxy) is 2. The lowest BCUT2D eigenvalue weighted by molar-refractivity contribution is 0.140. The van der Waals surface area contributed by atoms with E-state index in [0.717, 1.165) is 10.1 Å². The Kier molecular flexibility index (Phi) is 7.02. The number of pyridine rings is 1. The van der Waals surface area contributed by atoms with Gasteiger partial charge in [0.2, 0.25) is 11.8 Å². The fourth-order valence-corrected chi connectivity index (χ4v) is 3.49. The number of allylic oxidation sites excluding steroid dienone is 2. The van der Waals surface area contributed by atoms with Gasteiger partial charge in [-0.15, -0.1) is 0 Å². The first kappa shape index (κ1) is 24.2. The average Bonchev–Trinajstić information content (AvgIpc) is 2.84. The van der Waals surface area contributed by atoms with Gasteiger partial charge in [0.15, 0.2) is 11.6 Å². The molecule has 0 amide bonds. The minimum Gasteiger partial charge on any atom is -0.486 e. The molecule has 182 valence electrons. The summed E-state index contributed by atoms with van der Waals surface area (Å²) < 4.78 is 26.8. The Morgan fingerprint density at radius 2 is 1.74 bits per heavy atom. The van der Waals surface area contributed by atoms with Gasteiger partial charge in [-0.2, -0.15) is 4.98 Å². The van der Waals surface area contributed by atoms with Crippen molar-refractivity contribution in [1.82, 2.24) is 19.1 Å². The van der Waals surface area contributed by atoms with E-state index in [-0.39, 0.29) is 36.6 Å². The molecule has 0 saturated heterocycles. The smallest absolute Gasteiger partial charge is 0.355 e. The number of hydrogen-bond donors (Lipinski definition) is 1. The molecule has 11 heteroatoms. The normalized spacial score (nSPS) is 12.9. The average molecular weight is 500 g/mol. The van der Waals surface area contributed by atoms with Crippen molar-refractivity contribution >= 4 is 17.5 Å². The van der Waals surface area contributed by atoms with Crippen LogP contribution < -0.4 is 21.4 Å². The van der Waals surface area contributed by atoms with Crippen LogP contribution >= 0.6 is 11.6 Å². The summed E-state index contributed by atoms with van der Waals surface area (Å²) in [6.07, 6.45) is 2.46. The van der Waals surface area contributed by atoms with E-state index in [1.54, 1.807) is 50.2 Å². The Hall–Kier alpha value is -3.92. The number of benzene rings is 1. The second-order valence-electron chi connectivity index (χ2n) is 8.03. The lowest BCUT2D eigenvalue weighted by Crippen LogP contribution is -2.43. The third-order valence-electron chi connectivity index (χ3n) is 5.08. The molecular formula is C24H23ClFN5O4. The van der Waals surface area contributed by atoms with E-state index < -0.39 is 17.2 Å². The van der Waals surface area contributed by atoms with Gasteiger partial charge in [0, 0.05) is 23.4 Å². The second kappa shape index (κ2) is 10.1. The van der Waals surface area contributed by atoms with E-state index in [9.17, 15) is 14.0 Å². The predicted molar refractivity (Wildman–Crippen MR) is 129 cm³/mol. The molecule has 1 aliphatic carbocycles. The summed E-state index contributed by atoms with van der Waals surface area (Å²) in [6, 6.07) is 10.3. The number of aromatic nitrogens is 4. The van der Waals surface area contributed by atoms with Gasteiger partial charge >= 0.3 is 11.4 Å². The first-order valence-corrected chi connectivity index (χ1v) is 11.1. The standard InChI is InChI=1S/C24H23ClFN5O4/c1-14(2)35-21-18(26)10-19(21)28-22-29-23(32)31(13-16-6-9-20(34-3)27-11-16)24(33)30(22)12-15-4-7-17(25)8-5-15/h4-11,14H,12-13H2,1-3H3,(H,28,29,32). The molecule has 0 atom stereocenters. The summed E-state index contributed by atoms with van der Waals surface area (Å²) in [7, 11) is 1.49. The highest BCUT2D eigenvalue weighted by Crippen LogP contribution is 2.30. The molecule has 0 saturated carbocycles. The minimum atomic E-state index is -0.767. The molecule has 0 unspecified atom stereocenters. The number of methoxy groups -OCH3 is 1. The summed E-state index contributed by atoms with van der Waals surface area (Å²) >= 11 is 5.99. The highest BCUT2D eigenvalue weighted by molar-refractivity contribution is 6.30. The zero-order valence-corrected chi connectivity index (χ0v) is 20.0. The van der Waals surface area contributed by atoms with E-state index in [1.807, 2.05) is 0 Å². The van der Waals surface area contributed by atoms with Crippen LogP contribution in [-0.2, 0) is 17.8 Å². The first-order valence-electron chi connectivity index (χ1n) is 10.8. The zero-order valence-electron chi connectivity index (χ0n) is 19.3. The highest BCUT2D eigenvalue weighted by atomic mass is 35.5. The molecule has 1 N–H and O–H groups in total. The number of hydrogen-bond acceptors (Lipinski definition) is 7. The van der Waals surface area contributed by atoms with Gasteiger partial charge in [0.25, 0.3) is 0 Å². The Bertz CT molecular complexity index is 1410. The fraction of sp³-hybridized carbons (Fsp3) is 0.250. The van der Waals surface area contributed by atoms with E-state index in [4.69, 9.17) is 21.1 Å². The van der Waals surface area contributed by atoms with Crippen molar-refractivity contribution in [3.05, 3.63) is 103 Å². The lowest BCUT2D eigenvalue weighted by atomic mass is 10.1. The molecule has 0 spiro atoms. The fourth-order valence-electron chi connectivity index (χ4n) is 3.36. The highest BCUT2D eigenvalue weighted by Gasteiger charge is 2.25. The molecule has 0 bridgehead atoms.